The van der Waals surface area contributed by atoms with Gasteiger partial charge in [-0.3, -0.25) is 0 Å². The van der Waals surface area contributed by atoms with Gasteiger partial charge in [-0.25, -0.2) is 4.79 Å². The molecule has 172 valence electrons. The number of benzene rings is 2. The number of aryl methyl sites for hydroxylation is 1. The molecule has 0 saturated heterocycles. The van der Waals surface area contributed by atoms with Gasteiger partial charge in [0.25, 0.3) is 0 Å². The smallest absolute Gasteiger partial charge is 0.341 e. The molecule has 0 radical (unpaired) electrons. The van der Waals surface area contributed by atoms with Crippen LogP contribution in [0.3, 0.4) is 0 Å². The van der Waals surface area contributed by atoms with Crippen LogP contribution >= 0.6 is 0 Å². The van der Waals surface area contributed by atoms with E-state index in [1.807, 2.05) is 36.4 Å². The second-order valence-corrected chi connectivity index (χ2v) is 8.95. The fourth-order valence-corrected chi connectivity index (χ4v) is 4.38. The molecule has 2 aromatic carbocycles. The minimum atomic E-state index is -0.238. The summed E-state index contributed by atoms with van der Waals surface area (Å²) in [5.41, 5.74) is 4.44. The van der Waals surface area contributed by atoms with E-state index in [0.717, 1.165) is 35.2 Å². The van der Waals surface area contributed by atoms with Crippen LogP contribution in [0.5, 0.6) is 0 Å². The van der Waals surface area contributed by atoms with Crippen LogP contribution in [0.15, 0.2) is 57.7 Å². The number of hydrogen-bond donors (Lipinski definition) is 1. The second kappa shape index (κ2) is 13.1. The lowest BCUT2D eigenvalue weighted by Crippen LogP contribution is -2.15. The van der Waals surface area contributed by atoms with Gasteiger partial charge in [0.05, 0.1) is 11.3 Å². The summed E-state index contributed by atoms with van der Waals surface area (Å²) in [5, 5.41) is 4.59. The Bertz CT molecular complexity index is 1020. The average molecular weight is 434 g/mol. The number of unbranched alkanes of at least 4 members (excludes halogenated alkanes) is 9. The number of nitrogens with one attached hydrogen (secondary N) is 1. The molecule has 3 heteroatoms. The Morgan fingerprint density at radius 1 is 0.781 bits per heavy atom. The quantitative estimate of drug-likeness (QED) is 0.207. The van der Waals surface area contributed by atoms with Gasteiger partial charge in [-0.2, -0.15) is 0 Å². The molecule has 0 atom stereocenters. The molecule has 0 aliphatic carbocycles. The monoisotopic (exact) mass is 433 g/mol. The minimum absolute atomic E-state index is 0.238. The molecule has 1 aromatic heterocycles. The van der Waals surface area contributed by atoms with Crippen molar-refractivity contribution in [1.82, 2.24) is 0 Å². The lowest BCUT2D eigenvalue weighted by molar-refractivity contribution is 0.552. The highest BCUT2D eigenvalue weighted by molar-refractivity contribution is 5.91. The van der Waals surface area contributed by atoms with Crippen molar-refractivity contribution in [3.05, 3.63) is 75.6 Å². The predicted molar refractivity (Wildman–Crippen MR) is 137 cm³/mol. The Morgan fingerprint density at radius 2 is 1.41 bits per heavy atom. The van der Waals surface area contributed by atoms with Gasteiger partial charge in [-0.1, -0.05) is 101 Å². The first-order chi connectivity index (χ1) is 15.7. The summed E-state index contributed by atoms with van der Waals surface area (Å²) in [6, 6.07) is 16.1. The molecule has 32 heavy (non-hydrogen) atoms. The Labute approximate surface area is 193 Å². The van der Waals surface area contributed by atoms with Crippen LogP contribution in [0.2, 0.25) is 0 Å². The van der Waals surface area contributed by atoms with E-state index in [1.165, 1.54) is 63.4 Å². The Balaban J connectivity index is 1.59. The van der Waals surface area contributed by atoms with E-state index in [0.29, 0.717) is 12.0 Å². The highest BCUT2D eigenvalue weighted by Gasteiger charge is 2.15. The molecule has 0 saturated carbocycles. The third kappa shape index (κ3) is 6.98. The van der Waals surface area contributed by atoms with Crippen molar-refractivity contribution in [2.75, 3.05) is 11.9 Å². The molecule has 0 aliphatic heterocycles. The zero-order chi connectivity index (χ0) is 22.6. The lowest BCUT2D eigenvalue weighted by Gasteiger charge is -2.15. The molecule has 3 nitrogen and oxygen atoms in total. The van der Waals surface area contributed by atoms with Crippen LogP contribution in [-0.4, -0.2) is 6.54 Å². The zero-order valence-electron chi connectivity index (χ0n) is 19.9. The van der Waals surface area contributed by atoms with E-state index in [1.54, 1.807) is 0 Å². The molecule has 3 rings (SSSR count). The van der Waals surface area contributed by atoms with Gasteiger partial charge in [0.2, 0.25) is 0 Å². The molecular weight excluding hydrogens is 394 g/mol. The number of para-hydroxylation sites is 1. The molecule has 1 heterocycles. The Morgan fingerprint density at radius 3 is 2.12 bits per heavy atom. The SMILES string of the molecule is CCCCCCCCCCCCNc1c(Cc2ccccc2C)c(=O)oc2ccccc12. The van der Waals surface area contributed by atoms with E-state index in [4.69, 9.17) is 4.42 Å². The third-order valence-corrected chi connectivity index (χ3v) is 6.37. The van der Waals surface area contributed by atoms with Crippen molar-refractivity contribution in [3.8, 4) is 0 Å². The summed E-state index contributed by atoms with van der Waals surface area (Å²) in [4.78, 5) is 12.9. The third-order valence-electron chi connectivity index (χ3n) is 6.37. The van der Waals surface area contributed by atoms with Crippen LogP contribution in [0.25, 0.3) is 11.0 Å². The van der Waals surface area contributed by atoms with Gasteiger partial charge in [0.15, 0.2) is 0 Å². The molecular formula is C29H39NO2. The number of hydrogen-bond acceptors (Lipinski definition) is 3. The van der Waals surface area contributed by atoms with E-state index >= 15 is 0 Å². The normalized spacial score (nSPS) is 11.2. The van der Waals surface area contributed by atoms with Crippen LogP contribution < -0.4 is 10.9 Å². The van der Waals surface area contributed by atoms with Crippen molar-refractivity contribution in [3.63, 3.8) is 0 Å². The van der Waals surface area contributed by atoms with Crippen LogP contribution in [0.1, 0.15) is 87.8 Å². The summed E-state index contributed by atoms with van der Waals surface area (Å²) in [6.07, 6.45) is 13.8. The predicted octanol–water partition coefficient (Wildman–Crippen LogP) is 8.03. The first-order valence-electron chi connectivity index (χ1n) is 12.5. The zero-order valence-corrected chi connectivity index (χ0v) is 19.9. The molecule has 0 unspecified atom stereocenters. The summed E-state index contributed by atoms with van der Waals surface area (Å²) >= 11 is 0. The van der Waals surface area contributed by atoms with Gasteiger partial charge in [0, 0.05) is 18.4 Å². The van der Waals surface area contributed by atoms with Crippen molar-refractivity contribution < 1.29 is 4.42 Å². The van der Waals surface area contributed by atoms with Crippen molar-refractivity contribution in [2.45, 2.75) is 84.5 Å². The van der Waals surface area contributed by atoms with Gasteiger partial charge >= 0.3 is 5.63 Å². The summed E-state index contributed by atoms with van der Waals surface area (Å²) in [5.74, 6) is 0. The fraction of sp³-hybridized carbons (Fsp3) is 0.483. The van der Waals surface area contributed by atoms with Crippen LogP contribution in [-0.2, 0) is 6.42 Å². The largest absolute Gasteiger partial charge is 0.422 e. The highest BCUT2D eigenvalue weighted by atomic mass is 16.4. The van der Waals surface area contributed by atoms with E-state index in [-0.39, 0.29) is 5.63 Å². The fourth-order valence-electron chi connectivity index (χ4n) is 4.38. The maximum Gasteiger partial charge on any atom is 0.341 e. The average Bonchev–Trinajstić information content (AvgIpc) is 2.80. The highest BCUT2D eigenvalue weighted by Crippen LogP contribution is 2.27. The van der Waals surface area contributed by atoms with Crippen LogP contribution in [0.4, 0.5) is 5.69 Å². The molecule has 1 N–H and O–H groups in total. The summed E-state index contributed by atoms with van der Waals surface area (Å²) < 4.78 is 5.66. The van der Waals surface area contributed by atoms with Gasteiger partial charge in [-0.05, 0) is 36.6 Å². The van der Waals surface area contributed by atoms with E-state index in [9.17, 15) is 4.79 Å². The number of fused-ring (bicyclic) bond motifs is 1. The summed E-state index contributed by atoms with van der Waals surface area (Å²) in [6.45, 7) is 5.24. The second-order valence-electron chi connectivity index (χ2n) is 8.95. The van der Waals surface area contributed by atoms with Crippen molar-refractivity contribution >= 4 is 16.7 Å². The minimum Gasteiger partial charge on any atom is -0.422 e. The van der Waals surface area contributed by atoms with E-state index in [2.05, 4.69) is 31.3 Å². The molecule has 0 spiro atoms. The molecule has 0 aliphatic rings. The molecule has 0 bridgehead atoms. The Hall–Kier alpha value is -2.55. The maximum atomic E-state index is 12.9. The number of anilines is 1. The van der Waals surface area contributed by atoms with Gasteiger partial charge < -0.3 is 9.73 Å². The lowest BCUT2D eigenvalue weighted by atomic mass is 9.99. The van der Waals surface area contributed by atoms with Crippen molar-refractivity contribution in [2.24, 2.45) is 0 Å². The first-order valence-corrected chi connectivity index (χ1v) is 12.5. The van der Waals surface area contributed by atoms with Crippen LogP contribution in [0, 0.1) is 6.92 Å². The molecule has 0 fully saturated rings. The van der Waals surface area contributed by atoms with E-state index < -0.39 is 0 Å². The first kappa shape index (κ1) is 24.1. The maximum absolute atomic E-state index is 12.9. The number of rotatable bonds is 14. The molecule has 0 amide bonds. The van der Waals surface area contributed by atoms with Gasteiger partial charge in [0.1, 0.15) is 5.58 Å². The topological polar surface area (TPSA) is 42.2 Å². The standard InChI is InChI=1S/C29H39NO2/c1-3-4-5-6-7-8-9-10-11-16-21-30-28-25-19-14-15-20-27(25)32-29(31)26(28)22-24-18-13-12-17-23(24)2/h12-15,17-20,30H,3-11,16,21-22H2,1-2H3. The molecule has 3 aromatic rings. The van der Waals surface area contributed by atoms with Crippen molar-refractivity contribution in [1.29, 1.82) is 0 Å². The van der Waals surface area contributed by atoms with Gasteiger partial charge in [-0.15, -0.1) is 0 Å². The summed E-state index contributed by atoms with van der Waals surface area (Å²) in [7, 11) is 0. The Kier molecular flexibility index (Phi) is 9.87.